The third kappa shape index (κ3) is 3.53. The van der Waals surface area contributed by atoms with Gasteiger partial charge in [0.15, 0.2) is 5.69 Å². The third-order valence-corrected chi connectivity index (χ3v) is 2.86. The molecule has 0 bridgehead atoms. The summed E-state index contributed by atoms with van der Waals surface area (Å²) in [7, 11) is 0. The molecule has 0 radical (unpaired) electrons. The highest BCUT2D eigenvalue weighted by molar-refractivity contribution is 5.68. The fourth-order valence-electron chi connectivity index (χ4n) is 1.88. The van der Waals surface area contributed by atoms with Gasteiger partial charge in [0.2, 0.25) is 5.95 Å². The van der Waals surface area contributed by atoms with E-state index in [2.05, 4.69) is 20.4 Å². The summed E-state index contributed by atoms with van der Waals surface area (Å²) >= 11 is 0. The number of aromatic nitrogens is 4. The molecule has 0 aliphatic carbocycles. The molecule has 0 saturated carbocycles. The summed E-state index contributed by atoms with van der Waals surface area (Å²) < 4.78 is 1.75. The van der Waals surface area contributed by atoms with Crippen molar-refractivity contribution in [3.8, 4) is 11.3 Å². The second kappa shape index (κ2) is 6.78. The molecule has 21 heavy (non-hydrogen) atoms. The zero-order valence-corrected chi connectivity index (χ0v) is 12.1. The minimum absolute atomic E-state index is 0.118. The molecular weight excluding hydrogens is 272 g/mol. The minimum Gasteiger partial charge on any atom is -0.354 e. The average Bonchev–Trinajstić information content (AvgIpc) is 2.93. The van der Waals surface area contributed by atoms with Gasteiger partial charge in [-0.15, -0.1) is 0 Å². The first-order valence-corrected chi connectivity index (χ1v) is 6.93. The highest BCUT2D eigenvalue weighted by Gasteiger charge is 2.20. The Hall–Kier alpha value is -2.51. The van der Waals surface area contributed by atoms with E-state index in [1.165, 1.54) is 6.20 Å². The normalized spacial score (nSPS) is 10.6. The van der Waals surface area contributed by atoms with Gasteiger partial charge in [-0.3, -0.25) is 14.8 Å². The van der Waals surface area contributed by atoms with E-state index in [1.54, 1.807) is 17.1 Å². The van der Waals surface area contributed by atoms with Gasteiger partial charge in [-0.1, -0.05) is 13.8 Å². The molecule has 2 aromatic rings. The second-order valence-electron chi connectivity index (χ2n) is 4.60. The lowest BCUT2D eigenvalue weighted by atomic mass is 10.2. The SMILES string of the molecule is CCCNc1ncc([N+](=O)[O-])c(-c2cnn(CCC)c2)n1. The minimum atomic E-state index is -0.476. The predicted molar refractivity (Wildman–Crippen MR) is 79.0 cm³/mol. The summed E-state index contributed by atoms with van der Waals surface area (Å²) in [4.78, 5) is 18.9. The molecule has 0 aliphatic heterocycles. The summed E-state index contributed by atoms with van der Waals surface area (Å²) in [6.45, 7) is 5.54. The molecule has 2 aromatic heterocycles. The van der Waals surface area contributed by atoms with Crippen LogP contribution >= 0.6 is 0 Å². The number of nitrogens with zero attached hydrogens (tertiary/aromatic N) is 5. The zero-order chi connectivity index (χ0) is 15.2. The first kappa shape index (κ1) is 14.9. The van der Waals surface area contributed by atoms with Crippen molar-refractivity contribution < 1.29 is 4.92 Å². The summed E-state index contributed by atoms with van der Waals surface area (Å²) in [6, 6.07) is 0. The standard InChI is InChI=1S/C13H18N6O2/c1-3-5-14-13-15-8-11(19(20)21)12(17-13)10-7-16-18(9-10)6-4-2/h7-9H,3-6H2,1-2H3,(H,14,15,17). The third-order valence-electron chi connectivity index (χ3n) is 2.86. The Balaban J connectivity index is 2.39. The van der Waals surface area contributed by atoms with Gasteiger partial charge in [0, 0.05) is 24.8 Å². The molecule has 0 aliphatic rings. The number of nitrogens with one attached hydrogen (secondary N) is 1. The van der Waals surface area contributed by atoms with Crippen LogP contribution in [0.4, 0.5) is 11.6 Å². The van der Waals surface area contributed by atoms with Crippen LogP contribution in [0.15, 0.2) is 18.6 Å². The van der Waals surface area contributed by atoms with Crippen LogP contribution < -0.4 is 5.32 Å². The van der Waals surface area contributed by atoms with E-state index in [-0.39, 0.29) is 11.4 Å². The Morgan fingerprint density at radius 1 is 1.33 bits per heavy atom. The monoisotopic (exact) mass is 290 g/mol. The van der Waals surface area contributed by atoms with Crippen LogP contribution in [-0.4, -0.2) is 31.2 Å². The van der Waals surface area contributed by atoms with Crippen LogP contribution in [0.3, 0.4) is 0 Å². The molecule has 0 saturated heterocycles. The van der Waals surface area contributed by atoms with Gasteiger partial charge in [0.1, 0.15) is 6.20 Å². The van der Waals surface area contributed by atoms with Gasteiger partial charge in [0.05, 0.1) is 11.1 Å². The van der Waals surface area contributed by atoms with Crippen molar-refractivity contribution in [2.75, 3.05) is 11.9 Å². The fourth-order valence-corrected chi connectivity index (χ4v) is 1.88. The number of hydrogen-bond donors (Lipinski definition) is 1. The lowest BCUT2D eigenvalue weighted by Gasteiger charge is -2.05. The van der Waals surface area contributed by atoms with Crippen LogP contribution in [0.1, 0.15) is 26.7 Å². The number of nitro groups is 1. The molecule has 112 valence electrons. The van der Waals surface area contributed by atoms with E-state index in [1.807, 2.05) is 13.8 Å². The Labute approximate surface area is 122 Å². The molecule has 1 N–H and O–H groups in total. The molecule has 0 unspecified atom stereocenters. The quantitative estimate of drug-likeness (QED) is 0.621. The summed E-state index contributed by atoms with van der Waals surface area (Å²) in [5, 5.41) is 18.3. The molecule has 0 fully saturated rings. The van der Waals surface area contributed by atoms with Gasteiger partial charge in [-0.25, -0.2) is 9.97 Å². The first-order valence-electron chi connectivity index (χ1n) is 6.93. The van der Waals surface area contributed by atoms with Gasteiger partial charge in [-0.2, -0.15) is 5.10 Å². The maximum Gasteiger partial charge on any atom is 0.313 e. The van der Waals surface area contributed by atoms with Gasteiger partial charge in [0.25, 0.3) is 0 Å². The van der Waals surface area contributed by atoms with Gasteiger partial charge < -0.3 is 5.32 Å². The summed E-state index contributed by atoms with van der Waals surface area (Å²) in [5.74, 6) is 0.390. The Morgan fingerprint density at radius 2 is 2.14 bits per heavy atom. The largest absolute Gasteiger partial charge is 0.354 e. The maximum atomic E-state index is 11.1. The van der Waals surface area contributed by atoms with E-state index in [0.717, 1.165) is 19.4 Å². The molecule has 0 aromatic carbocycles. The first-order chi connectivity index (χ1) is 10.2. The highest BCUT2D eigenvalue weighted by Crippen LogP contribution is 2.27. The molecular formula is C13H18N6O2. The van der Waals surface area contributed by atoms with Crippen molar-refractivity contribution in [1.29, 1.82) is 0 Å². The molecule has 0 amide bonds. The van der Waals surface area contributed by atoms with Gasteiger partial charge in [-0.05, 0) is 12.8 Å². The molecule has 0 atom stereocenters. The summed E-state index contributed by atoms with van der Waals surface area (Å²) in [5.41, 5.74) is 0.793. The van der Waals surface area contributed by atoms with Crippen molar-refractivity contribution >= 4 is 11.6 Å². The van der Waals surface area contributed by atoms with E-state index in [9.17, 15) is 10.1 Å². The highest BCUT2D eigenvalue weighted by atomic mass is 16.6. The van der Waals surface area contributed by atoms with Crippen LogP contribution in [0.25, 0.3) is 11.3 Å². The fraction of sp³-hybridized carbons (Fsp3) is 0.462. The lowest BCUT2D eigenvalue weighted by molar-refractivity contribution is -0.384. The summed E-state index contributed by atoms with van der Waals surface area (Å²) in [6.07, 6.45) is 6.45. The van der Waals surface area contributed by atoms with Crippen LogP contribution in [0.5, 0.6) is 0 Å². The van der Waals surface area contributed by atoms with Crippen molar-refractivity contribution in [1.82, 2.24) is 19.7 Å². The van der Waals surface area contributed by atoms with Gasteiger partial charge >= 0.3 is 5.69 Å². The number of hydrogen-bond acceptors (Lipinski definition) is 6. The van der Waals surface area contributed by atoms with E-state index in [4.69, 9.17) is 0 Å². The van der Waals surface area contributed by atoms with Crippen molar-refractivity contribution in [3.05, 3.63) is 28.7 Å². The van der Waals surface area contributed by atoms with E-state index in [0.29, 0.717) is 18.1 Å². The maximum absolute atomic E-state index is 11.1. The number of rotatable bonds is 7. The number of anilines is 1. The Bertz CT molecular complexity index is 625. The lowest BCUT2D eigenvalue weighted by Crippen LogP contribution is -2.06. The molecule has 8 nitrogen and oxygen atoms in total. The van der Waals surface area contributed by atoms with Crippen LogP contribution in [-0.2, 0) is 6.54 Å². The van der Waals surface area contributed by atoms with Crippen LogP contribution in [0.2, 0.25) is 0 Å². The predicted octanol–water partition coefficient (Wildman–Crippen LogP) is 2.48. The van der Waals surface area contributed by atoms with E-state index < -0.39 is 4.92 Å². The van der Waals surface area contributed by atoms with Crippen LogP contribution in [0, 0.1) is 10.1 Å². The topological polar surface area (TPSA) is 98.8 Å². The van der Waals surface area contributed by atoms with Crippen molar-refractivity contribution in [3.63, 3.8) is 0 Å². The molecule has 2 heterocycles. The molecule has 8 heteroatoms. The zero-order valence-electron chi connectivity index (χ0n) is 12.1. The second-order valence-corrected chi connectivity index (χ2v) is 4.60. The number of aryl methyl sites for hydroxylation is 1. The Kier molecular flexibility index (Phi) is 4.81. The smallest absolute Gasteiger partial charge is 0.313 e. The average molecular weight is 290 g/mol. The van der Waals surface area contributed by atoms with Crippen molar-refractivity contribution in [2.45, 2.75) is 33.2 Å². The van der Waals surface area contributed by atoms with E-state index >= 15 is 0 Å². The Morgan fingerprint density at radius 3 is 2.81 bits per heavy atom. The molecule has 0 spiro atoms. The van der Waals surface area contributed by atoms with Crippen molar-refractivity contribution in [2.24, 2.45) is 0 Å². The molecule has 2 rings (SSSR count).